The molecule has 0 aliphatic carbocycles. The average molecular weight is 452 g/mol. The summed E-state index contributed by atoms with van der Waals surface area (Å²) in [5.41, 5.74) is 2.43. The number of aryl methyl sites for hydroxylation is 2. The van der Waals surface area contributed by atoms with Crippen molar-refractivity contribution < 1.29 is 17.9 Å². The van der Waals surface area contributed by atoms with Gasteiger partial charge in [-0.1, -0.05) is 23.7 Å². The Labute approximate surface area is 182 Å². The van der Waals surface area contributed by atoms with Crippen LogP contribution < -0.4 is 10.0 Å². The molecule has 162 valence electrons. The van der Waals surface area contributed by atoms with Gasteiger partial charge >= 0.3 is 0 Å². The molecule has 0 atom stereocenters. The van der Waals surface area contributed by atoms with Gasteiger partial charge in [0, 0.05) is 31.7 Å². The van der Waals surface area contributed by atoms with Crippen LogP contribution in [0.1, 0.15) is 21.5 Å². The summed E-state index contributed by atoms with van der Waals surface area (Å²) in [4.78, 5) is 14.6. The van der Waals surface area contributed by atoms with Gasteiger partial charge in [0.05, 0.1) is 23.9 Å². The van der Waals surface area contributed by atoms with Crippen LogP contribution in [0.25, 0.3) is 0 Å². The molecule has 1 heterocycles. The molecule has 0 saturated carbocycles. The molecule has 9 heteroatoms. The number of anilines is 1. The standard InChI is InChI=1S/C21H26ClN3O4S/c1-15-3-4-16(2)19(13-15)24-30(27,28)20-14-17(5-6-18(20)22)21(26)23-7-8-25-9-11-29-12-10-25/h3-6,13-14,24H,7-12H2,1-2H3,(H,23,26). The van der Waals surface area contributed by atoms with Gasteiger partial charge in [-0.3, -0.25) is 14.4 Å². The van der Waals surface area contributed by atoms with Crippen molar-refractivity contribution in [2.45, 2.75) is 18.7 Å². The van der Waals surface area contributed by atoms with E-state index in [4.69, 9.17) is 16.3 Å². The number of ether oxygens (including phenoxy) is 1. The van der Waals surface area contributed by atoms with E-state index in [1.807, 2.05) is 26.0 Å². The zero-order chi connectivity index (χ0) is 21.7. The molecule has 1 fully saturated rings. The van der Waals surface area contributed by atoms with Crippen LogP contribution in [0.5, 0.6) is 0 Å². The summed E-state index contributed by atoms with van der Waals surface area (Å²) in [5, 5.41) is 2.88. The monoisotopic (exact) mass is 451 g/mol. The number of rotatable bonds is 7. The number of hydrogen-bond acceptors (Lipinski definition) is 5. The van der Waals surface area contributed by atoms with E-state index in [9.17, 15) is 13.2 Å². The number of benzene rings is 2. The highest BCUT2D eigenvalue weighted by Gasteiger charge is 2.21. The Kier molecular flexibility index (Phi) is 7.36. The molecule has 0 aromatic heterocycles. The topological polar surface area (TPSA) is 87.7 Å². The summed E-state index contributed by atoms with van der Waals surface area (Å²) in [6.07, 6.45) is 0. The number of hydrogen-bond donors (Lipinski definition) is 2. The fourth-order valence-corrected chi connectivity index (χ4v) is 4.80. The summed E-state index contributed by atoms with van der Waals surface area (Å²) in [5.74, 6) is -0.344. The second-order valence-electron chi connectivity index (χ2n) is 7.28. The van der Waals surface area contributed by atoms with Crippen LogP contribution >= 0.6 is 11.6 Å². The molecule has 2 N–H and O–H groups in total. The summed E-state index contributed by atoms with van der Waals surface area (Å²) in [6.45, 7) is 7.93. The zero-order valence-electron chi connectivity index (χ0n) is 17.1. The molecule has 1 saturated heterocycles. The van der Waals surface area contributed by atoms with E-state index >= 15 is 0 Å². The van der Waals surface area contributed by atoms with E-state index in [1.165, 1.54) is 18.2 Å². The van der Waals surface area contributed by atoms with Crippen LogP contribution in [0.2, 0.25) is 5.02 Å². The van der Waals surface area contributed by atoms with Crippen molar-refractivity contribution in [3.05, 3.63) is 58.1 Å². The molecule has 0 radical (unpaired) electrons. The lowest BCUT2D eigenvalue weighted by Crippen LogP contribution is -2.41. The quantitative estimate of drug-likeness (QED) is 0.675. The molecule has 3 rings (SSSR count). The van der Waals surface area contributed by atoms with E-state index in [1.54, 1.807) is 6.07 Å². The fourth-order valence-electron chi connectivity index (χ4n) is 3.15. The third-order valence-electron chi connectivity index (χ3n) is 4.94. The van der Waals surface area contributed by atoms with Crippen molar-refractivity contribution in [2.24, 2.45) is 0 Å². The van der Waals surface area contributed by atoms with Gasteiger partial charge in [0.2, 0.25) is 0 Å². The van der Waals surface area contributed by atoms with Crippen molar-refractivity contribution in [3.8, 4) is 0 Å². The Bertz CT molecular complexity index is 1020. The minimum atomic E-state index is -3.96. The first-order chi connectivity index (χ1) is 14.3. The number of nitrogens with one attached hydrogen (secondary N) is 2. The molecular weight excluding hydrogens is 426 g/mol. The third-order valence-corrected chi connectivity index (χ3v) is 6.78. The van der Waals surface area contributed by atoms with Gasteiger partial charge in [-0.25, -0.2) is 8.42 Å². The average Bonchev–Trinajstić information content (AvgIpc) is 2.71. The molecule has 0 unspecified atom stereocenters. The summed E-state index contributed by atoms with van der Waals surface area (Å²) < 4.78 is 33.8. The first kappa shape index (κ1) is 22.6. The number of nitrogens with zero attached hydrogens (tertiary/aromatic N) is 1. The Balaban J connectivity index is 1.71. The van der Waals surface area contributed by atoms with Crippen molar-refractivity contribution in [1.82, 2.24) is 10.2 Å². The number of halogens is 1. The Morgan fingerprint density at radius 2 is 1.87 bits per heavy atom. The van der Waals surface area contributed by atoms with Gasteiger partial charge in [0.1, 0.15) is 4.90 Å². The second-order valence-corrected chi connectivity index (χ2v) is 9.34. The Hall–Kier alpha value is -2.13. The van der Waals surface area contributed by atoms with Crippen molar-refractivity contribution in [3.63, 3.8) is 0 Å². The molecule has 1 aliphatic heterocycles. The maximum absolute atomic E-state index is 12.9. The summed E-state index contributed by atoms with van der Waals surface area (Å²) >= 11 is 6.16. The van der Waals surface area contributed by atoms with E-state index in [2.05, 4.69) is 14.9 Å². The maximum atomic E-state index is 12.9. The fraction of sp³-hybridized carbons (Fsp3) is 0.381. The van der Waals surface area contributed by atoms with E-state index in [0.717, 1.165) is 24.2 Å². The second kappa shape index (κ2) is 9.78. The number of carbonyl (C=O) groups is 1. The number of morpholine rings is 1. The molecule has 1 amide bonds. The van der Waals surface area contributed by atoms with Gasteiger partial charge in [-0.2, -0.15) is 0 Å². The lowest BCUT2D eigenvalue weighted by molar-refractivity contribution is 0.0383. The van der Waals surface area contributed by atoms with Gasteiger partial charge in [-0.15, -0.1) is 0 Å². The number of sulfonamides is 1. The van der Waals surface area contributed by atoms with Crippen LogP contribution in [-0.2, 0) is 14.8 Å². The smallest absolute Gasteiger partial charge is 0.263 e. The highest BCUT2D eigenvalue weighted by atomic mass is 35.5. The highest BCUT2D eigenvalue weighted by molar-refractivity contribution is 7.92. The minimum absolute atomic E-state index is 0.0534. The molecule has 2 aromatic carbocycles. The van der Waals surface area contributed by atoms with Crippen LogP contribution in [0, 0.1) is 13.8 Å². The van der Waals surface area contributed by atoms with Gasteiger partial charge in [0.15, 0.2) is 0 Å². The minimum Gasteiger partial charge on any atom is -0.379 e. The van der Waals surface area contributed by atoms with Crippen LogP contribution in [0.15, 0.2) is 41.3 Å². The van der Waals surface area contributed by atoms with Crippen molar-refractivity contribution >= 4 is 33.2 Å². The lowest BCUT2D eigenvalue weighted by atomic mass is 10.1. The molecule has 2 aromatic rings. The van der Waals surface area contributed by atoms with Gasteiger partial charge < -0.3 is 10.1 Å². The van der Waals surface area contributed by atoms with E-state index < -0.39 is 10.0 Å². The Morgan fingerprint density at radius 3 is 2.60 bits per heavy atom. The Morgan fingerprint density at radius 1 is 1.13 bits per heavy atom. The largest absolute Gasteiger partial charge is 0.379 e. The normalized spacial score (nSPS) is 15.0. The van der Waals surface area contributed by atoms with Crippen molar-refractivity contribution in [1.29, 1.82) is 0 Å². The molecule has 1 aliphatic rings. The van der Waals surface area contributed by atoms with E-state index in [0.29, 0.717) is 32.0 Å². The summed E-state index contributed by atoms with van der Waals surface area (Å²) in [7, 11) is -3.96. The predicted octanol–water partition coefficient (Wildman–Crippen LogP) is 2.82. The summed E-state index contributed by atoms with van der Waals surface area (Å²) in [6, 6.07) is 9.75. The van der Waals surface area contributed by atoms with Gasteiger partial charge in [-0.05, 0) is 49.2 Å². The predicted molar refractivity (Wildman–Crippen MR) is 118 cm³/mol. The molecule has 0 spiro atoms. The lowest BCUT2D eigenvalue weighted by Gasteiger charge is -2.26. The van der Waals surface area contributed by atoms with Crippen LogP contribution in [0.4, 0.5) is 5.69 Å². The van der Waals surface area contributed by atoms with Gasteiger partial charge in [0.25, 0.3) is 15.9 Å². The third kappa shape index (κ3) is 5.72. The molecular formula is C21H26ClN3O4S. The molecule has 0 bridgehead atoms. The highest BCUT2D eigenvalue weighted by Crippen LogP contribution is 2.26. The maximum Gasteiger partial charge on any atom is 0.263 e. The van der Waals surface area contributed by atoms with Crippen LogP contribution in [0.3, 0.4) is 0 Å². The van der Waals surface area contributed by atoms with Crippen molar-refractivity contribution in [2.75, 3.05) is 44.1 Å². The number of carbonyl (C=O) groups excluding carboxylic acids is 1. The first-order valence-corrected chi connectivity index (χ1v) is 11.6. The van der Waals surface area contributed by atoms with E-state index in [-0.39, 0.29) is 21.4 Å². The molecule has 7 nitrogen and oxygen atoms in total. The SMILES string of the molecule is Cc1ccc(C)c(NS(=O)(=O)c2cc(C(=O)NCCN3CCOCC3)ccc2Cl)c1. The number of amides is 1. The molecule has 30 heavy (non-hydrogen) atoms. The zero-order valence-corrected chi connectivity index (χ0v) is 18.6. The first-order valence-electron chi connectivity index (χ1n) is 9.74. The van der Waals surface area contributed by atoms with Crippen LogP contribution in [-0.4, -0.2) is 58.6 Å².